The Hall–Kier alpha value is -2.63. The second-order valence-corrected chi connectivity index (χ2v) is 4.79. The van der Waals surface area contributed by atoms with E-state index in [4.69, 9.17) is 0 Å². The molecule has 0 fully saturated rings. The lowest BCUT2D eigenvalue weighted by Gasteiger charge is -2.10. The van der Waals surface area contributed by atoms with E-state index in [-0.39, 0.29) is 0 Å². The summed E-state index contributed by atoms with van der Waals surface area (Å²) in [6.07, 6.45) is 4.61. The lowest BCUT2D eigenvalue weighted by atomic mass is 10.2. The zero-order valence-electron chi connectivity index (χ0n) is 12.2. The van der Waals surface area contributed by atoms with Gasteiger partial charge in [-0.05, 0) is 12.1 Å². The molecule has 0 atom stereocenters. The average Bonchev–Trinajstić information content (AvgIpc) is 2.92. The van der Waals surface area contributed by atoms with E-state index in [1.807, 2.05) is 55.3 Å². The third kappa shape index (κ3) is 2.79. The van der Waals surface area contributed by atoms with E-state index in [9.17, 15) is 0 Å². The topological polar surface area (TPSA) is 67.7 Å². The molecule has 21 heavy (non-hydrogen) atoms. The summed E-state index contributed by atoms with van der Waals surface area (Å²) in [5, 5.41) is 7.40. The minimum absolute atomic E-state index is 0.619. The Balaban J connectivity index is 1.81. The molecule has 0 bridgehead atoms. The summed E-state index contributed by atoms with van der Waals surface area (Å²) in [6, 6.07) is 7.99. The molecule has 0 aliphatic heterocycles. The SMILES string of the molecule is CNc1nc(NCCc2nccn2C)c2ccccc2n1. The first-order valence-electron chi connectivity index (χ1n) is 6.92. The smallest absolute Gasteiger partial charge is 0.224 e. The minimum atomic E-state index is 0.619. The van der Waals surface area contributed by atoms with Crippen molar-refractivity contribution in [1.29, 1.82) is 0 Å². The predicted octanol–water partition coefficient (Wildman–Crippen LogP) is 2.06. The number of hydrogen-bond donors (Lipinski definition) is 2. The molecule has 0 aliphatic rings. The third-order valence-electron chi connectivity index (χ3n) is 3.39. The van der Waals surface area contributed by atoms with Crippen molar-refractivity contribution < 1.29 is 0 Å². The third-order valence-corrected chi connectivity index (χ3v) is 3.39. The first-order valence-corrected chi connectivity index (χ1v) is 6.92. The highest BCUT2D eigenvalue weighted by Gasteiger charge is 2.06. The molecule has 1 aromatic carbocycles. The maximum absolute atomic E-state index is 4.50. The number of hydrogen-bond acceptors (Lipinski definition) is 5. The van der Waals surface area contributed by atoms with E-state index in [2.05, 4.69) is 25.6 Å². The van der Waals surface area contributed by atoms with E-state index >= 15 is 0 Å². The molecule has 0 spiro atoms. The number of fused-ring (bicyclic) bond motifs is 1. The molecule has 3 rings (SSSR count). The molecule has 6 heteroatoms. The first kappa shape index (κ1) is 13.4. The zero-order chi connectivity index (χ0) is 14.7. The Kier molecular flexibility index (Phi) is 3.68. The van der Waals surface area contributed by atoms with E-state index in [0.717, 1.165) is 35.5 Å². The second-order valence-electron chi connectivity index (χ2n) is 4.79. The van der Waals surface area contributed by atoms with Crippen LogP contribution in [0.4, 0.5) is 11.8 Å². The van der Waals surface area contributed by atoms with E-state index in [1.165, 1.54) is 0 Å². The molecule has 0 amide bonds. The van der Waals surface area contributed by atoms with Gasteiger partial charge in [0, 0.05) is 44.8 Å². The molecule has 0 unspecified atom stereocenters. The van der Waals surface area contributed by atoms with E-state index in [1.54, 1.807) is 0 Å². The van der Waals surface area contributed by atoms with Gasteiger partial charge in [0.25, 0.3) is 0 Å². The Bertz CT molecular complexity index is 749. The summed E-state index contributed by atoms with van der Waals surface area (Å²) in [5.74, 6) is 2.52. The van der Waals surface area contributed by atoms with Crippen molar-refractivity contribution in [3.05, 3.63) is 42.5 Å². The highest BCUT2D eigenvalue weighted by Crippen LogP contribution is 2.21. The van der Waals surface area contributed by atoms with Crippen LogP contribution in [-0.2, 0) is 13.5 Å². The number of benzene rings is 1. The van der Waals surface area contributed by atoms with Gasteiger partial charge in [-0.25, -0.2) is 9.97 Å². The second kappa shape index (κ2) is 5.78. The van der Waals surface area contributed by atoms with Gasteiger partial charge in [0.1, 0.15) is 11.6 Å². The van der Waals surface area contributed by atoms with E-state index in [0.29, 0.717) is 5.95 Å². The molecule has 2 heterocycles. The fourth-order valence-electron chi connectivity index (χ4n) is 2.25. The molecule has 3 aromatic rings. The van der Waals surface area contributed by atoms with Crippen LogP contribution in [0.5, 0.6) is 0 Å². The van der Waals surface area contributed by atoms with Crippen molar-refractivity contribution in [2.45, 2.75) is 6.42 Å². The summed E-state index contributed by atoms with van der Waals surface area (Å²) in [7, 11) is 3.82. The molecule has 0 aliphatic carbocycles. The van der Waals surface area contributed by atoms with Crippen molar-refractivity contribution in [2.75, 3.05) is 24.2 Å². The highest BCUT2D eigenvalue weighted by molar-refractivity contribution is 5.89. The predicted molar refractivity (Wildman–Crippen MR) is 84.5 cm³/mol. The van der Waals surface area contributed by atoms with Gasteiger partial charge in [-0.1, -0.05) is 12.1 Å². The molecule has 0 saturated carbocycles. The maximum Gasteiger partial charge on any atom is 0.224 e. The number of anilines is 2. The van der Waals surface area contributed by atoms with Gasteiger partial charge in [-0.3, -0.25) is 0 Å². The standard InChI is InChI=1S/C15H18N6/c1-16-15-19-12-6-4-3-5-11(12)14(20-15)18-8-7-13-17-9-10-21(13)2/h3-6,9-10H,7-8H2,1-2H3,(H2,16,18,19,20). The quantitative estimate of drug-likeness (QED) is 0.749. The van der Waals surface area contributed by atoms with Crippen LogP contribution in [0, 0.1) is 0 Å². The Morgan fingerprint density at radius 2 is 2.05 bits per heavy atom. The number of para-hydroxylation sites is 1. The van der Waals surface area contributed by atoms with Gasteiger partial charge in [0.05, 0.1) is 5.52 Å². The monoisotopic (exact) mass is 282 g/mol. The minimum Gasteiger partial charge on any atom is -0.369 e. The lowest BCUT2D eigenvalue weighted by molar-refractivity contribution is 0.789. The summed E-state index contributed by atoms with van der Waals surface area (Å²) < 4.78 is 2.03. The Morgan fingerprint density at radius 1 is 1.19 bits per heavy atom. The summed E-state index contributed by atoms with van der Waals surface area (Å²) in [6.45, 7) is 0.773. The van der Waals surface area contributed by atoms with E-state index < -0.39 is 0 Å². The van der Waals surface area contributed by atoms with Crippen LogP contribution in [0.1, 0.15) is 5.82 Å². The maximum atomic E-state index is 4.50. The molecule has 0 radical (unpaired) electrons. The lowest BCUT2D eigenvalue weighted by Crippen LogP contribution is -2.11. The van der Waals surface area contributed by atoms with Crippen LogP contribution in [0.15, 0.2) is 36.7 Å². The Labute approximate surface area is 123 Å². The fraction of sp³-hybridized carbons (Fsp3) is 0.267. The largest absolute Gasteiger partial charge is 0.369 e. The molecule has 2 N–H and O–H groups in total. The number of imidazole rings is 1. The van der Waals surface area contributed by atoms with Crippen LogP contribution in [0.25, 0.3) is 10.9 Å². The van der Waals surface area contributed by atoms with Gasteiger partial charge in [0.15, 0.2) is 0 Å². The zero-order valence-corrected chi connectivity index (χ0v) is 12.2. The molecule has 0 saturated heterocycles. The summed E-state index contributed by atoms with van der Waals surface area (Å²) in [5.41, 5.74) is 0.927. The van der Waals surface area contributed by atoms with Crippen LogP contribution < -0.4 is 10.6 Å². The number of aromatic nitrogens is 4. The van der Waals surface area contributed by atoms with Crippen molar-refractivity contribution in [2.24, 2.45) is 7.05 Å². The molecule has 2 aromatic heterocycles. The number of nitrogens with zero attached hydrogens (tertiary/aromatic N) is 4. The van der Waals surface area contributed by atoms with Crippen LogP contribution >= 0.6 is 0 Å². The van der Waals surface area contributed by atoms with Crippen molar-refractivity contribution in [1.82, 2.24) is 19.5 Å². The van der Waals surface area contributed by atoms with Gasteiger partial charge in [0.2, 0.25) is 5.95 Å². The van der Waals surface area contributed by atoms with Crippen LogP contribution in [0.3, 0.4) is 0 Å². The van der Waals surface area contributed by atoms with Gasteiger partial charge in [-0.2, -0.15) is 4.98 Å². The van der Waals surface area contributed by atoms with Crippen LogP contribution in [0.2, 0.25) is 0 Å². The Morgan fingerprint density at radius 3 is 2.81 bits per heavy atom. The van der Waals surface area contributed by atoms with Crippen LogP contribution in [-0.4, -0.2) is 33.1 Å². The summed E-state index contributed by atoms with van der Waals surface area (Å²) in [4.78, 5) is 13.3. The fourth-order valence-corrected chi connectivity index (χ4v) is 2.25. The number of rotatable bonds is 5. The van der Waals surface area contributed by atoms with Crippen molar-refractivity contribution in [3.63, 3.8) is 0 Å². The average molecular weight is 282 g/mol. The highest BCUT2D eigenvalue weighted by atomic mass is 15.1. The number of aryl methyl sites for hydroxylation is 1. The van der Waals surface area contributed by atoms with Gasteiger partial charge in [-0.15, -0.1) is 0 Å². The van der Waals surface area contributed by atoms with Crippen molar-refractivity contribution >= 4 is 22.7 Å². The summed E-state index contributed by atoms with van der Waals surface area (Å²) >= 11 is 0. The van der Waals surface area contributed by atoms with Gasteiger partial charge >= 0.3 is 0 Å². The molecule has 108 valence electrons. The first-order chi connectivity index (χ1) is 10.3. The molecular formula is C15H18N6. The van der Waals surface area contributed by atoms with Gasteiger partial charge < -0.3 is 15.2 Å². The normalized spacial score (nSPS) is 10.8. The number of nitrogens with one attached hydrogen (secondary N) is 2. The molecular weight excluding hydrogens is 264 g/mol. The molecule has 6 nitrogen and oxygen atoms in total. The van der Waals surface area contributed by atoms with Crippen molar-refractivity contribution in [3.8, 4) is 0 Å².